The monoisotopic (exact) mass is 314 g/mol. The molecule has 0 bridgehead atoms. The molecular formula is C15H26N2O3S. The molecule has 0 aromatic heterocycles. The highest BCUT2D eigenvalue weighted by molar-refractivity contribution is 7.99. The summed E-state index contributed by atoms with van der Waals surface area (Å²) in [4.78, 5) is 25.5. The maximum absolute atomic E-state index is 12.2. The number of hydrogen-bond acceptors (Lipinski definition) is 3. The largest absolute Gasteiger partial charge is 0.481 e. The number of nitrogens with one attached hydrogen (secondary N) is 1. The molecule has 0 spiro atoms. The number of likely N-dealkylation sites (tertiary alicyclic amines) is 1. The molecule has 0 radical (unpaired) electrons. The van der Waals surface area contributed by atoms with Gasteiger partial charge in [0, 0.05) is 24.9 Å². The van der Waals surface area contributed by atoms with Gasteiger partial charge in [0.1, 0.15) is 0 Å². The molecule has 120 valence electrons. The Balaban J connectivity index is 1.85. The van der Waals surface area contributed by atoms with Crippen LogP contribution in [0.25, 0.3) is 0 Å². The molecule has 5 nitrogen and oxygen atoms in total. The van der Waals surface area contributed by atoms with Crippen LogP contribution in [0.5, 0.6) is 0 Å². The molecule has 2 fully saturated rings. The molecule has 2 N–H and O–H groups in total. The second kappa shape index (κ2) is 6.90. The van der Waals surface area contributed by atoms with E-state index < -0.39 is 11.4 Å². The third-order valence-electron chi connectivity index (χ3n) is 4.87. The van der Waals surface area contributed by atoms with Crippen molar-refractivity contribution in [3.8, 4) is 0 Å². The van der Waals surface area contributed by atoms with E-state index in [1.165, 1.54) is 18.6 Å². The van der Waals surface area contributed by atoms with Crippen LogP contribution >= 0.6 is 11.8 Å². The highest BCUT2D eigenvalue weighted by atomic mass is 32.2. The van der Waals surface area contributed by atoms with Crippen molar-refractivity contribution in [2.45, 2.75) is 44.8 Å². The maximum Gasteiger partial charge on any atom is 0.317 e. The quantitative estimate of drug-likeness (QED) is 0.836. The second-order valence-electron chi connectivity index (χ2n) is 6.46. The lowest BCUT2D eigenvalue weighted by molar-refractivity contribution is -0.150. The third-order valence-corrected chi connectivity index (χ3v) is 6.27. The predicted molar refractivity (Wildman–Crippen MR) is 84.6 cm³/mol. The molecule has 6 heteroatoms. The van der Waals surface area contributed by atoms with E-state index in [4.69, 9.17) is 0 Å². The minimum Gasteiger partial charge on any atom is -0.481 e. The van der Waals surface area contributed by atoms with Crippen molar-refractivity contribution in [3.63, 3.8) is 0 Å². The smallest absolute Gasteiger partial charge is 0.317 e. The number of amides is 2. The SMILES string of the molecule is CC(C)C1(C(=O)O)CCN(C(=O)NCC2CCCCS2)C1. The topological polar surface area (TPSA) is 69.6 Å². The summed E-state index contributed by atoms with van der Waals surface area (Å²) in [6.45, 7) is 5.40. The van der Waals surface area contributed by atoms with E-state index in [0.29, 0.717) is 31.3 Å². The van der Waals surface area contributed by atoms with Crippen molar-refractivity contribution in [1.29, 1.82) is 0 Å². The zero-order valence-corrected chi connectivity index (χ0v) is 13.7. The highest BCUT2D eigenvalue weighted by Crippen LogP contribution is 2.38. The van der Waals surface area contributed by atoms with Crippen LogP contribution in [0.1, 0.15) is 39.5 Å². The van der Waals surface area contributed by atoms with Gasteiger partial charge in [0.05, 0.1) is 5.41 Å². The number of nitrogens with zero attached hydrogens (tertiary/aromatic N) is 1. The Hall–Kier alpha value is -0.910. The average molecular weight is 314 g/mol. The fourth-order valence-corrected chi connectivity index (χ4v) is 4.42. The number of thioether (sulfide) groups is 1. The Kier molecular flexibility index (Phi) is 5.41. The van der Waals surface area contributed by atoms with Gasteiger partial charge < -0.3 is 15.3 Å². The van der Waals surface area contributed by atoms with Crippen molar-refractivity contribution in [2.75, 3.05) is 25.4 Å². The van der Waals surface area contributed by atoms with Crippen LogP contribution in [0.4, 0.5) is 4.79 Å². The van der Waals surface area contributed by atoms with Gasteiger partial charge >= 0.3 is 12.0 Å². The van der Waals surface area contributed by atoms with Gasteiger partial charge in [-0.05, 0) is 30.9 Å². The highest BCUT2D eigenvalue weighted by Gasteiger charge is 2.48. The molecule has 0 saturated carbocycles. The predicted octanol–water partition coefficient (Wildman–Crippen LogP) is 2.41. The molecule has 2 aliphatic heterocycles. The van der Waals surface area contributed by atoms with Crippen molar-refractivity contribution >= 4 is 23.8 Å². The van der Waals surface area contributed by atoms with Gasteiger partial charge in [-0.15, -0.1) is 0 Å². The average Bonchev–Trinajstić information content (AvgIpc) is 2.92. The molecule has 2 heterocycles. The van der Waals surface area contributed by atoms with Crippen LogP contribution in [-0.2, 0) is 4.79 Å². The fraction of sp³-hybridized carbons (Fsp3) is 0.867. The molecule has 2 aliphatic rings. The Morgan fingerprint density at radius 3 is 2.71 bits per heavy atom. The first-order chi connectivity index (χ1) is 9.95. The zero-order valence-electron chi connectivity index (χ0n) is 12.9. The summed E-state index contributed by atoms with van der Waals surface area (Å²) in [6.07, 6.45) is 4.23. The van der Waals surface area contributed by atoms with Crippen LogP contribution in [0, 0.1) is 11.3 Å². The zero-order chi connectivity index (χ0) is 15.5. The molecule has 2 amide bonds. The molecule has 2 rings (SSSR count). The van der Waals surface area contributed by atoms with Gasteiger partial charge in [0.2, 0.25) is 0 Å². The first kappa shape index (κ1) is 16.5. The van der Waals surface area contributed by atoms with Gasteiger partial charge in [-0.3, -0.25) is 4.79 Å². The first-order valence-electron chi connectivity index (χ1n) is 7.83. The standard InChI is InChI=1S/C15H26N2O3S/c1-11(2)15(13(18)19)6-7-17(10-15)14(20)16-9-12-5-3-4-8-21-12/h11-12H,3-10H2,1-2H3,(H,16,20)(H,18,19). The number of carbonyl (C=O) groups excluding carboxylic acids is 1. The first-order valence-corrected chi connectivity index (χ1v) is 8.88. The normalized spacial score (nSPS) is 29.7. The van der Waals surface area contributed by atoms with Crippen LogP contribution < -0.4 is 5.32 Å². The number of hydrogen-bond donors (Lipinski definition) is 2. The number of carboxylic acids is 1. The number of urea groups is 1. The van der Waals surface area contributed by atoms with Crippen LogP contribution in [0.15, 0.2) is 0 Å². The van der Waals surface area contributed by atoms with E-state index in [1.807, 2.05) is 25.6 Å². The van der Waals surface area contributed by atoms with Gasteiger partial charge in [-0.25, -0.2) is 4.79 Å². The van der Waals surface area contributed by atoms with Crippen LogP contribution in [0.2, 0.25) is 0 Å². The summed E-state index contributed by atoms with van der Waals surface area (Å²) in [6, 6.07) is -0.107. The van der Waals surface area contributed by atoms with Crippen molar-refractivity contribution in [1.82, 2.24) is 10.2 Å². The summed E-state index contributed by atoms with van der Waals surface area (Å²) in [5, 5.41) is 13.0. The lowest BCUT2D eigenvalue weighted by Crippen LogP contribution is -2.45. The molecule has 2 saturated heterocycles. The van der Waals surface area contributed by atoms with E-state index in [9.17, 15) is 14.7 Å². The summed E-state index contributed by atoms with van der Waals surface area (Å²) in [5.41, 5.74) is -0.781. The van der Waals surface area contributed by atoms with Crippen molar-refractivity contribution < 1.29 is 14.7 Å². The molecule has 0 aromatic carbocycles. The number of aliphatic carboxylic acids is 1. The Bertz CT molecular complexity index is 396. The molecule has 0 aliphatic carbocycles. The van der Waals surface area contributed by atoms with E-state index in [-0.39, 0.29) is 11.9 Å². The second-order valence-corrected chi connectivity index (χ2v) is 7.87. The van der Waals surface area contributed by atoms with Gasteiger partial charge in [-0.1, -0.05) is 20.3 Å². The molecular weight excluding hydrogens is 288 g/mol. The van der Waals surface area contributed by atoms with Crippen molar-refractivity contribution in [3.05, 3.63) is 0 Å². The molecule has 2 atom stereocenters. The molecule has 21 heavy (non-hydrogen) atoms. The lowest BCUT2D eigenvalue weighted by atomic mass is 9.76. The van der Waals surface area contributed by atoms with Crippen LogP contribution in [0.3, 0.4) is 0 Å². The van der Waals surface area contributed by atoms with Crippen molar-refractivity contribution in [2.24, 2.45) is 11.3 Å². The minimum atomic E-state index is -0.782. The maximum atomic E-state index is 12.2. The Labute approximate surface area is 130 Å². The van der Waals surface area contributed by atoms with Gasteiger partial charge in [0.15, 0.2) is 0 Å². The van der Waals surface area contributed by atoms with Gasteiger partial charge in [0.25, 0.3) is 0 Å². The molecule has 0 aromatic rings. The lowest BCUT2D eigenvalue weighted by Gasteiger charge is -2.29. The molecule has 2 unspecified atom stereocenters. The Morgan fingerprint density at radius 1 is 1.43 bits per heavy atom. The van der Waals surface area contributed by atoms with E-state index in [1.54, 1.807) is 4.90 Å². The minimum absolute atomic E-state index is 0.0294. The van der Waals surface area contributed by atoms with E-state index in [2.05, 4.69) is 5.32 Å². The summed E-state index contributed by atoms with van der Waals surface area (Å²) >= 11 is 1.93. The third kappa shape index (κ3) is 3.65. The fourth-order valence-electron chi connectivity index (χ4n) is 3.18. The Morgan fingerprint density at radius 2 is 2.19 bits per heavy atom. The summed E-state index contributed by atoms with van der Waals surface area (Å²) < 4.78 is 0. The number of carboxylic acid groups (broad SMARTS) is 1. The number of rotatable bonds is 4. The van der Waals surface area contributed by atoms with E-state index >= 15 is 0 Å². The summed E-state index contributed by atoms with van der Waals surface area (Å²) in [7, 11) is 0. The van der Waals surface area contributed by atoms with E-state index in [0.717, 1.165) is 6.42 Å². The summed E-state index contributed by atoms with van der Waals surface area (Å²) in [5.74, 6) is 0.428. The van der Waals surface area contributed by atoms with Crippen LogP contribution in [-0.4, -0.2) is 52.6 Å². The number of carbonyl (C=O) groups is 2. The van der Waals surface area contributed by atoms with Gasteiger partial charge in [-0.2, -0.15) is 11.8 Å².